The molecule has 270 valence electrons. The van der Waals surface area contributed by atoms with E-state index >= 15 is 0 Å². The van der Waals surface area contributed by atoms with Crippen LogP contribution in [0.25, 0.3) is 33.4 Å². The fourth-order valence-corrected chi connectivity index (χ4v) is 14.7. The van der Waals surface area contributed by atoms with E-state index in [4.69, 9.17) is 0 Å². The minimum absolute atomic E-state index is 0.0255. The molecular formula is C54H49N. The van der Waals surface area contributed by atoms with Gasteiger partial charge in [0.2, 0.25) is 0 Å². The second-order valence-electron chi connectivity index (χ2n) is 19.2. The summed E-state index contributed by atoms with van der Waals surface area (Å²) in [7, 11) is 0. The zero-order chi connectivity index (χ0) is 36.3. The van der Waals surface area contributed by atoms with Crippen LogP contribution in [0, 0.1) is 23.7 Å². The summed E-state index contributed by atoms with van der Waals surface area (Å²) in [5.41, 5.74) is 22.0. The van der Waals surface area contributed by atoms with Crippen LogP contribution in [0.4, 0.5) is 17.1 Å². The van der Waals surface area contributed by atoms with Crippen LogP contribution in [0.1, 0.15) is 105 Å². The Morgan fingerprint density at radius 1 is 0.455 bits per heavy atom. The molecule has 2 spiro atoms. The van der Waals surface area contributed by atoms with Gasteiger partial charge in [0.25, 0.3) is 0 Å². The van der Waals surface area contributed by atoms with Gasteiger partial charge in [-0.1, -0.05) is 124 Å². The number of hydrogen-bond acceptors (Lipinski definition) is 1. The molecule has 4 bridgehead atoms. The van der Waals surface area contributed by atoms with Crippen molar-refractivity contribution < 1.29 is 0 Å². The molecule has 5 fully saturated rings. The molecule has 0 saturated heterocycles. The monoisotopic (exact) mass is 711 g/mol. The minimum atomic E-state index is -0.0255. The predicted molar refractivity (Wildman–Crippen MR) is 227 cm³/mol. The number of hydrogen-bond donors (Lipinski definition) is 0. The lowest BCUT2D eigenvalue weighted by Gasteiger charge is -2.61. The molecule has 6 aromatic carbocycles. The predicted octanol–water partition coefficient (Wildman–Crippen LogP) is 14.0. The summed E-state index contributed by atoms with van der Waals surface area (Å²) >= 11 is 0. The molecule has 8 aliphatic carbocycles. The van der Waals surface area contributed by atoms with E-state index in [2.05, 4.69) is 146 Å². The molecule has 0 radical (unpaired) electrons. The SMILES string of the molecule is CC1(C)c2ccccc2-c2cc(N(c3ccc4c(c3)C3(CCCC3)c3ccccc3-4)c3cccc4c3-c3ccccc3C43C4CC5CC(C4)CC3C5)ccc21. The van der Waals surface area contributed by atoms with Gasteiger partial charge in [-0.05, 0) is 160 Å². The molecule has 5 saturated carbocycles. The highest BCUT2D eigenvalue weighted by atomic mass is 15.1. The van der Waals surface area contributed by atoms with E-state index < -0.39 is 0 Å². The lowest BCUT2D eigenvalue weighted by molar-refractivity contribution is -0.0399. The maximum atomic E-state index is 2.69. The highest BCUT2D eigenvalue weighted by molar-refractivity contribution is 5.97. The van der Waals surface area contributed by atoms with E-state index in [1.807, 2.05) is 0 Å². The number of benzene rings is 6. The Bertz CT molecular complexity index is 2590. The highest BCUT2D eigenvalue weighted by Gasteiger charge is 2.62. The van der Waals surface area contributed by atoms with Crippen molar-refractivity contribution in [1.29, 1.82) is 0 Å². The third-order valence-corrected chi connectivity index (χ3v) is 16.6. The fraction of sp³-hybridized carbons (Fsp3) is 0.333. The molecule has 0 unspecified atom stereocenters. The van der Waals surface area contributed by atoms with Gasteiger partial charge in [0.1, 0.15) is 0 Å². The van der Waals surface area contributed by atoms with Gasteiger partial charge >= 0.3 is 0 Å². The van der Waals surface area contributed by atoms with Crippen molar-refractivity contribution in [3.63, 3.8) is 0 Å². The van der Waals surface area contributed by atoms with E-state index in [1.165, 1.54) is 119 Å². The van der Waals surface area contributed by atoms with Crippen molar-refractivity contribution in [1.82, 2.24) is 0 Å². The van der Waals surface area contributed by atoms with Gasteiger partial charge in [-0.25, -0.2) is 0 Å². The summed E-state index contributed by atoms with van der Waals surface area (Å²) in [6.45, 7) is 4.81. The van der Waals surface area contributed by atoms with Gasteiger partial charge in [-0.2, -0.15) is 0 Å². The molecule has 0 heterocycles. The van der Waals surface area contributed by atoms with Crippen LogP contribution >= 0.6 is 0 Å². The summed E-state index contributed by atoms with van der Waals surface area (Å²) in [5.74, 6) is 3.35. The normalized spacial score (nSPS) is 27.2. The first-order valence-electron chi connectivity index (χ1n) is 21.5. The quantitative estimate of drug-likeness (QED) is 0.177. The molecule has 0 atom stereocenters. The molecular weight excluding hydrogens is 663 g/mol. The van der Waals surface area contributed by atoms with Gasteiger partial charge in [0, 0.05) is 33.2 Å². The van der Waals surface area contributed by atoms with E-state index in [0.29, 0.717) is 0 Å². The van der Waals surface area contributed by atoms with Crippen molar-refractivity contribution in [3.05, 3.63) is 161 Å². The first-order valence-corrected chi connectivity index (χ1v) is 21.5. The molecule has 55 heavy (non-hydrogen) atoms. The van der Waals surface area contributed by atoms with Crippen LogP contribution in [0.3, 0.4) is 0 Å². The summed E-state index contributed by atoms with van der Waals surface area (Å²) in [4.78, 5) is 2.69. The zero-order valence-electron chi connectivity index (χ0n) is 32.2. The third-order valence-electron chi connectivity index (χ3n) is 16.6. The van der Waals surface area contributed by atoms with Gasteiger partial charge in [-0.3, -0.25) is 0 Å². The van der Waals surface area contributed by atoms with Gasteiger partial charge in [0.05, 0.1) is 5.69 Å². The molecule has 0 amide bonds. The van der Waals surface area contributed by atoms with Crippen LogP contribution in [0.15, 0.2) is 127 Å². The largest absolute Gasteiger partial charge is 0.310 e. The second kappa shape index (κ2) is 10.7. The Hall–Kier alpha value is -4.88. The molecule has 0 aromatic heterocycles. The van der Waals surface area contributed by atoms with Crippen molar-refractivity contribution in [2.75, 3.05) is 4.90 Å². The summed E-state index contributed by atoms with van der Waals surface area (Å²) in [6, 6.07) is 50.6. The number of rotatable bonds is 3. The molecule has 8 aliphatic rings. The Labute approximate surface area is 326 Å². The minimum Gasteiger partial charge on any atom is -0.310 e. The Kier molecular flexibility index (Phi) is 6.09. The molecule has 0 aliphatic heterocycles. The third kappa shape index (κ3) is 3.81. The van der Waals surface area contributed by atoms with Gasteiger partial charge < -0.3 is 4.90 Å². The van der Waals surface area contributed by atoms with Crippen LogP contribution < -0.4 is 4.90 Å². The average molecular weight is 712 g/mol. The highest BCUT2D eigenvalue weighted by Crippen LogP contribution is 2.70. The lowest BCUT2D eigenvalue weighted by Crippen LogP contribution is -2.55. The lowest BCUT2D eigenvalue weighted by atomic mass is 9.43. The van der Waals surface area contributed by atoms with Crippen LogP contribution in [0.5, 0.6) is 0 Å². The number of fused-ring (bicyclic) bond motifs is 11. The Balaban J connectivity index is 1.07. The summed E-state index contributed by atoms with van der Waals surface area (Å²) < 4.78 is 0. The molecule has 6 aromatic rings. The van der Waals surface area contributed by atoms with E-state index in [0.717, 1.165) is 23.7 Å². The molecule has 1 nitrogen and oxygen atoms in total. The van der Waals surface area contributed by atoms with Gasteiger partial charge in [-0.15, -0.1) is 0 Å². The van der Waals surface area contributed by atoms with Crippen LogP contribution in [-0.2, 0) is 16.2 Å². The smallest absolute Gasteiger partial charge is 0.0543 e. The molecule has 1 heteroatoms. The topological polar surface area (TPSA) is 3.24 Å². The maximum Gasteiger partial charge on any atom is 0.0543 e. The Morgan fingerprint density at radius 3 is 1.76 bits per heavy atom. The fourth-order valence-electron chi connectivity index (χ4n) is 14.7. The number of anilines is 3. The van der Waals surface area contributed by atoms with Gasteiger partial charge in [0.15, 0.2) is 0 Å². The summed E-state index contributed by atoms with van der Waals surface area (Å²) in [5, 5.41) is 0. The van der Waals surface area contributed by atoms with E-state index in [1.54, 1.807) is 22.3 Å². The van der Waals surface area contributed by atoms with E-state index in [9.17, 15) is 0 Å². The first-order chi connectivity index (χ1) is 27.0. The van der Waals surface area contributed by atoms with Crippen LogP contribution in [0.2, 0.25) is 0 Å². The average Bonchev–Trinajstić information content (AvgIpc) is 3.95. The standard InChI is InChI=1S/C54H49N/c1-52(2)44-15-6-3-13-40(44)43-31-37(21-23-45(43)52)55(38-20-22-41-39-12-4-7-16-46(39)53(49(41)32-38)24-9-10-25-53)50-19-11-18-48-51(50)42-14-5-8-17-47(42)54(48)35-27-33-26-34(29-35)30-36(54)28-33/h3-8,11-23,31-36H,9-10,24-30H2,1-2H3. The number of nitrogens with zero attached hydrogens (tertiary/aromatic N) is 1. The van der Waals surface area contributed by atoms with Crippen LogP contribution in [-0.4, -0.2) is 0 Å². The molecule has 14 rings (SSSR count). The summed E-state index contributed by atoms with van der Waals surface area (Å²) in [6.07, 6.45) is 12.2. The molecule has 0 N–H and O–H groups in total. The van der Waals surface area contributed by atoms with Crippen molar-refractivity contribution >= 4 is 17.1 Å². The van der Waals surface area contributed by atoms with Crippen molar-refractivity contribution in [3.8, 4) is 33.4 Å². The van der Waals surface area contributed by atoms with E-state index in [-0.39, 0.29) is 16.2 Å². The first kappa shape index (κ1) is 31.3. The zero-order valence-corrected chi connectivity index (χ0v) is 32.2. The van der Waals surface area contributed by atoms with Crippen molar-refractivity contribution in [2.24, 2.45) is 23.7 Å². The van der Waals surface area contributed by atoms with Crippen molar-refractivity contribution in [2.45, 2.75) is 87.9 Å². The Morgan fingerprint density at radius 2 is 1.02 bits per heavy atom. The second-order valence-corrected chi connectivity index (χ2v) is 19.2. The maximum absolute atomic E-state index is 2.69.